The molecule has 0 amide bonds. The van der Waals surface area contributed by atoms with E-state index >= 15 is 0 Å². The zero-order valence-electron chi connectivity index (χ0n) is 14.3. The summed E-state index contributed by atoms with van der Waals surface area (Å²) >= 11 is 0. The van der Waals surface area contributed by atoms with E-state index in [4.69, 9.17) is 0 Å². The Morgan fingerprint density at radius 3 is 2.30 bits per heavy atom. The van der Waals surface area contributed by atoms with Gasteiger partial charge in [0.1, 0.15) is 0 Å². The normalized spacial score (nSPS) is 21.6. The Bertz CT molecular complexity index is 258. The molecule has 1 aliphatic carbocycles. The summed E-state index contributed by atoms with van der Waals surface area (Å²) in [6, 6.07) is 1.30. The number of aliphatic hydroxyl groups excluding tert-OH is 1. The standard InChI is InChI=1S/C17H36N2O/c1-14(2)10-11-19(16-8-6-7-9-16)15(3)12-17(4,13-20)18-5/h14-16,18,20H,6-13H2,1-5H3. The number of rotatable bonds is 9. The summed E-state index contributed by atoms with van der Waals surface area (Å²) in [5.74, 6) is 0.764. The highest BCUT2D eigenvalue weighted by molar-refractivity contribution is 4.89. The molecule has 0 aromatic carbocycles. The van der Waals surface area contributed by atoms with Crippen LogP contribution < -0.4 is 5.32 Å². The van der Waals surface area contributed by atoms with Crippen molar-refractivity contribution in [3.63, 3.8) is 0 Å². The Hall–Kier alpha value is -0.120. The van der Waals surface area contributed by atoms with Gasteiger partial charge in [-0.3, -0.25) is 4.90 Å². The summed E-state index contributed by atoms with van der Waals surface area (Å²) in [5, 5.41) is 12.9. The lowest BCUT2D eigenvalue weighted by Crippen LogP contribution is -2.51. The molecule has 20 heavy (non-hydrogen) atoms. The van der Waals surface area contributed by atoms with Crippen LogP contribution >= 0.6 is 0 Å². The molecule has 1 saturated carbocycles. The van der Waals surface area contributed by atoms with Crippen LogP contribution in [-0.2, 0) is 0 Å². The molecule has 1 fully saturated rings. The first-order valence-electron chi connectivity index (χ1n) is 8.47. The van der Waals surface area contributed by atoms with Crippen molar-refractivity contribution in [3.8, 4) is 0 Å². The molecule has 2 atom stereocenters. The van der Waals surface area contributed by atoms with E-state index in [1.165, 1.54) is 38.6 Å². The number of hydrogen-bond donors (Lipinski definition) is 2. The van der Waals surface area contributed by atoms with E-state index in [0.717, 1.165) is 18.4 Å². The lowest BCUT2D eigenvalue weighted by atomic mass is 9.92. The zero-order chi connectivity index (χ0) is 15.2. The predicted molar refractivity (Wildman–Crippen MR) is 87.0 cm³/mol. The highest BCUT2D eigenvalue weighted by Crippen LogP contribution is 2.28. The molecule has 0 spiro atoms. The molecule has 1 rings (SSSR count). The summed E-state index contributed by atoms with van der Waals surface area (Å²) in [6.07, 6.45) is 7.78. The van der Waals surface area contributed by atoms with Crippen molar-refractivity contribution in [2.45, 2.75) is 83.8 Å². The molecule has 0 aromatic heterocycles. The maximum Gasteiger partial charge on any atom is 0.0611 e. The Labute approximate surface area is 126 Å². The fourth-order valence-electron chi connectivity index (χ4n) is 3.42. The molecule has 120 valence electrons. The molecule has 3 heteroatoms. The molecule has 2 N–H and O–H groups in total. The Morgan fingerprint density at radius 2 is 1.85 bits per heavy atom. The van der Waals surface area contributed by atoms with Gasteiger partial charge in [-0.25, -0.2) is 0 Å². The monoisotopic (exact) mass is 284 g/mol. The quantitative estimate of drug-likeness (QED) is 0.683. The van der Waals surface area contributed by atoms with Gasteiger partial charge in [-0.1, -0.05) is 26.7 Å². The van der Waals surface area contributed by atoms with Crippen LogP contribution in [0.5, 0.6) is 0 Å². The van der Waals surface area contributed by atoms with E-state index in [1.807, 2.05) is 7.05 Å². The SMILES string of the molecule is CNC(C)(CO)CC(C)N(CCC(C)C)C1CCCC1. The molecule has 2 unspecified atom stereocenters. The maximum atomic E-state index is 9.62. The van der Waals surface area contributed by atoms with Gasteiger partial charge in [-0.05, 0) is 59.0 Å². The fourth-order valence-corrected chi connectivity index (χ4v) is 3.42. The average Bonchev–Trinajstić information content (AvgIpc) is 2.92. The number of nitrogens with zero attached hydrogens (tertiary/aromatic N) is 1. The zero-order valence-corrected chi connectivity index (χ0v) is 14.3. The van der Waals surface area contributed by atoms with Gasteiger partial charge in [0.05, 0.1) is 6.61 Å². The van der Waals surface area contributed by atoms with Crippen LogP contribution in [0.25, 0.3) is 0 Å². The smallest absolute Gasteiger partial charge is 0.0611 e. The van der Waals surface area contributed by atoms with E-state index in [9.17, 15) is 5.11 Å². The van der Waals surface area contributed by atoms with Gasteiger partial charge < -0.3 is 10.4 Å². The van der Waals surface area contributed by atoms with Crippen molar-refractivity contribution in [1.82, 2.24) is 10.2 Å². The minimum absolute atomic E-state index is 0.159. The van der Waals surface area contributed by atoms with E-state index < -0.39 is 0 Å². The third-order valence-corrected chi connectivity index (χ3v) is 5.02. The van der Waals surface area contributed by atoms with Crippen LogP contribution in [0.4, 0.5) is 0 Å². The molecule has 0 bridgehead atoms. The van der Waals surface area contributed by atoms with E-state index in [1.54, 1.807) is 0 Å². The van der Waals surface area contributed by atoms with Crippen LogP contribution in [0.1, 0.15) is 66.2 Å². The molecule has 0 aliphatic heterocycles. The van der Waals surface area contributed by atoms with Crippen LogP contribution in [-0.4, -0.2) is 47.8 Å². The highest BCUT2D eigenvalue weighted by atomic mass is 16.3. The minimum Gasteiger partial charge on any atom is -0.394 e. The predicted octanol–water partition coefficient (Wildman–Crippen LogP) is 3.03. The van der Waals surface area contributed by atoms with Gasteiger partial charge >= 0.3 is 0 Å². The first-order valence-corrected chi connectivity index (χ1v) is 8.47. The third-order valence-electron chi connectivity index (χ3n) is 5.02. The number of aliphatic hydroxyl groups is 1. The maximum absolute atomic E-state index is 9.62. The van der Waals surface area contributed by atoms with Crippen molar-refractivity contribution in [2.24, 2.45) is 5.92 Å². The minimum atomic E-state index is -0.159. The largest absolute Gasteiger partial charge is 0.394 e. The second-order valence-corrected chi connectivity index (χ2v) is 7.38. The molecular weight excluding hydrogens is 248 g/mol. The van der Waals surface area contributed by atoms with Gasteiger partial charge in [-0.15, -0.1) is 0 Å². The van der Waals surface area contributed by atoms with Gasteiger partial charge in [0, 0.05) is 17.6 Å². The van der Waals surface area contributed by atoms with Crippen molar-refractivity contribution in [2.75, 3.05) is 20.2 Å². The van der Waals surface area contributed by atoms with Crippen molar-refractivity contribution >= 4 is 0 Å². The Balaban J connectivity index is 2.65. The van der Waals surface area contributed by atoms with Crippen molar-refractivity contribution in [3.05, 3.63) is 0 Å². The summed E-state index contributed by atoms with van der Waals surface area (Å²) in [4.78, 5) is 2.72. The lowest BCUT2D eigenvalue weighted by molar-refractivity contribution is 0.0877. The molecule has 0 radical (unpaired) electrons. The van der Waals surface area contributed by atoms with Gasteiger partial charge in [-0.2, -0.15) is 0 Å². The lowest BCUT2D eigenvalue weighted by Gasteiger charge is -2.39. The van der Waals surface area contributed by atoms with Gasteiger partial charge in [0.25, 0.3) is 0 Å². The molecule has 3 nitrogen and oxygen atoms in total. The van der Waals surface area contributed by atoms with Gasteiger partial charge in [0.2, 0.25) is 0 Å². The van der Waals surface area contributed by atoms with Crippen molar-refractivity contribution in [1.29, 1.82) is 0 Å². The first-order chi connectivity index (χ1) is 9.41. The average molecular weight is 284 g/mol. The second-order valence-electron chi connectivity index (χ2n) is 7.38. The second kappa shape index (κ2) is 8.35. The number of nitrogens with one attached hydrogen (secondary N) is 1. The van der Waals surface area contributed by atoms with Gasteiger partial charge in [0.15, 0.2) is 0 Å². The van der Waals surface area contributed by atoms with Crippen LogP contribution in [0.2, 0.25) is 0 Å². The fraction of sp³-hybridized carbons (Fsp3) is 1.00. The molecular formula is C17H36N2O. The van der Waals surface area contributed by atoms with Crippen LogP contribution in [0, 0.1) is 5.92 Å². The summed E-state index contributed by atoms with van der Waals surface area (Å²) in [5.41, 5.74) is -0.159. The molecule has 1 aliphatic rings. The van der Waals surface area contributed by atoms with E-state index in [2.05, 4.69) is 37.9 Å². The molecule has 0 heterocycles. The van der Waals surface area contributed by atoms with Crippen molar-refractivity contribution < 1.29 is 5.11 Å². The topological polar surface area (TPSA) is 35.5 Å². The summed E-state index contributed by atoms with van der Waals surface area (Å²) < 4.78 is 0. The van der Waals surface area contributed by atoms with E-state index in [-0.39, 0.29) is 12.1 Å². The van der Waals surface area contributed by atoms with Crippen LogP contribution in [0.15, 0.2) is 0 Å². The summed E-state index contributed by atoms with van der Waals surface area (Å²) in [6.45, 7) is 10.5. The molecule has 0 aromatic rings. The van der Waals surface area contributed by atoms with E-state index in [0.29, 0.717) is 6.04 Å². The third kappa shape index (κ3) is 5.34. The Kier molecular flexibility index (Phi) is 7.49. The first kappa shape index (κ1) is 17.9. The van der Waals surface area contributed by atoms with Crippen LogP contribution in [0.3, 0.4) is 0 Å². The number of hydrogen-bond acceptors (Lipinski definition) is 3. The highest BCUT2D eigenvalue weighted by Gasteiger charge is 2.31. The summed E-state index contributed by atoms with van der Waals surface area (Å²) in [7, 11) is 1.96. The number of likely N-dealkylation sites (N-methyl/N-ethyl adjacent to an activating group) is 1. The molecule has 0 saturated heterocycles. The Morgan fingerprint density at radius 1 is 1.25 bits per heavy atom.